The molecule has 118 valence electrons. The number of hydrogen-bond acceptors (Lipinski definition) is 7. The number of aromatic nitrogens is 2. The van der Waals surface area contributed by atoms with Crippen LogP contribution in [0.2, 0.25) is 0 Å². The number of rotatable bonds is 6. The van der Waals surface area contributed by atoms with Gasteiger partial charge in [0.2, 0.25) is 5.13 Å². The van der Waals surface area contributed by atoms with Gasteiger partial charge in [0.1, 0.15) is 0 Å². The van der Waals surface area contributed by atoms with Crippen molar-refractivity contribution in [2.24, 2.45) is 10.2 Å². The van der Waals surface area contributed by atoms with Gasteiger partial charge < -0.3 is 10.0 Å². The molecule has 0 atom stereocenters. The van der Waals surface area contributed by atoms with Gasteiger partial charge in [-0.15, -0.1) is 10.2 Å². The highest BCUT2D eigenvalue weighted by Crippen LogP contribution is 2.29. The van der Waals surface area contributed by atoms with Crippen molar-refractivity contribution in [2.45, 2.75) is 6.92 Å². The minimum atomic E-state index is 0.141. The maximum absolute atomic E-state index is 9.07. The van der Waals surface area contributed by atoms with E-state index in [1.54, 1.807) is 12.4 Å². The van der Waals surface area contributed by atoms with E-state index in [0.29, 0.717) is 11.7 Å². The van der Waals surface area contributed by atoms with Gasteiger partial charge in [-0.1, -0.05) is 11.3 Å². The highest BCUT2D eigenvalue weighted by atomic mass is 32.1. The first-order valence-corrected chi connectivity index (χ1v) is 8.20. The third-order valence-corrected chi connectivity index (χ3v) is 4.29. The van der Waals surface area contributed by atoms with Crippen molar-refractivity contribution < 1.29 is 5.11 Å². The van der Waals surface area contributed by atoms with Gasteiger partial charge in [0.25, 0.3) is 0 Å². The summed E-state index contributed by atoms with van der Waals surface area (Å²) in [7, 11) is 0. The molecule has 1 N–H and O–H groups in total. The van der Waals surface area contributed by atoms with E-state index in [1.165, 1.54) is 11.3 Å². The number of benzene rings is 1. The number of fused-ring (bicyclic) bond motifs is 1. The largest absolute Gasteiger partial charge is 0.395 e. The monoisotopic (exact) mass is 327 g/mol. The van der Waals surface area contributed by atoms with E-state index in [-0.39, 0.29) is 6.61 Å². The molecule has 0 fully saturated rings. The highest BCUT2D eigenvalue weighted by Gasteiger charge is 2.04. The molecule has 0 unspecified atom stereocenters. The van der Waals surface area contributed by atoms with Crippen LogP contribution in [-0.4, -0.2) is 34.8 Å². The number of thiazole rings is 1. The molecular weight excluding hydrogens is 310 g/mol. The number of nitrogens with zero attached hydrogens (tertiary/aromatic N) is 5. The second kappa shape index (κ2) is 7.26. The fourth-order valence-corrected chi connectivity index (χ4v) is 2.99. The van der Waals surface area contributed by atoms with Gasteiger partial charge in [0.05, 0.1) is 22.5 Å². The number of aliphatic hydroxyl groups excluding tert-OH is 1. The summed E-state index contributed by atoms with van der Waals surface area (Å²) >= 11 is 1.46. The molecule has 0 bridgehead atoms. The first-order valence-electron chi connectivity index (χ1n) is 7.38. The molecule has 0 aliphatic heterocycles. The summed E-state index contributed by atoms with van der Waals surface area (Å²) in [6.07, 6.45) is 3.49. The van der Waals surface area contributed by atoms with Crippen molar-refractivity contribution in [3.8, 4) is 0 Å². The lowest BCUT2D eigenvalue weighted by atomic mass is 10.2. The zero-order valence-corrected chi connectivity index (χ0v) is 13.6. The molecule has 0 saturated carbocycles. The van der Waals surface area contributed by atoms with Crippen molar-refractivity contribution in [2.75, 3.05) is 24.6 Å². The van der Waals surface area contributed by atoms with Gasteiger partial charge in [-0.3, -0.25) is 4.98 Å². The molecule has 3 aromatic rings. The Morgan fingerprint density at radius 2 is 2.00 bits per heavy atom. The van der Waals surface area contributed by atoms with Gasteiger partial charge in [0.15, 0.2) is 0 Å². The molecule has 0 spiro atoms. The lowest BCUT2D eigenvalue weighted by Crippen LogP contribution is -2.25. The van der Waals surface area contributed by atoms with E-state index in [2.05, 4.69) is 32.0 Å². The van der Waals surface area contributed by atoms with Gasteiger partial charge >= 0.3 is 0 Å². The summed E-state index contributed by atoms with van der Waals surface area (Å²) in [5.41, 5.74) is 2.72. The average molecular weight is 327 g/mol. The molecule has 1 aromatic carbocycles. The average Bonchev–Trinajstić information content (AvgIpc) is 3.01. The van der Waals surface area contributed by atoms with E-state index in [1.807, 2.05) is 30.3 Å². The number of azo groups is 1. The van der Waals surface area contributed by atoms with Gasteiger partial charge in [-0.25, -0.2) is 4.98 Å². The standard InChI is InChI=1S/C16H17N5OS/c1-2-21(9-10-22)13-5-3-12(4-6-13)19-20-16-18-14-7-8-17-11-15(14)23-16/h3-8,11,22H,2,9-10H2,1H3. The normalized spacial score (nSPS) is 11.4. The molecule has 23 heavy (non-hydrogen) atoms. The number of aliphatic hydroxyl groups is 1. The van der Waals surface area contributed by atoms with E-state index < -0.39 is 0 Å². The Morgan fingerprint density at radius 3 is 2.70 bits per heavy atom. The molecule has 0 saturated heterocycles. The number of anilines is 1. The SMILES string of the molecule is CCN(CCO)c1ccc(N=Nc2nc3ccncc3s2)cc1. The van der Waals surface area contributed by atoms with E-state index in [0.717, 1.165) is 28.1 Å². The Labute approximate surface area is 138 Å². The molecule has 3 rings (SSSR count). The summed E-state index contributed by atoms with van der Waals surface area (Å²) < 4.78 is 0.999. The van der Waals surface area contributed by atoms with Gasteiger partial charge in [0, 0.05) is 31.2 Å². The summed E-state index contributed by atoms with van der Waals surface area (Å²) in [5.74, 6) is 0. The predicted octanol–water partition coefficient (Wildman–Crippen LogP) is 3.93. The first-order chi connectivity index (χ1) is 11.3. The van der Waals surface area contributed by atoms with Crippen molar-refractivity contribution >= 4 is 38.1 Å². The number of likely N-dealkylation sites (N-methyl/N-ethyl adjacent to an activating group) is 1. The maximum atomic E-state index is 9.07. The Kier molecular flexibility index (Phi) is 4.89. The van der Waals surface area contributed by atoms with Crippen LogP contribution < -0.4 is 4.90 Å². The second-order valence-corrected chi connectivity index (χ2v) is 5.87. The minimum Gasteiger partial charge on any atom is -0.395 e. The lowest BCUT2D eigenvalue weighted by molar-refractivity contribution is 0.302. The van der Waals surface area contributed by atoms with E-state index in [4.69, 9.17) is 5.11 Å². The molecule has 0 aliphatic carbocycles. The quantitative estimate of drug-likeness (QED) is 0.696. The predicted molar refractivity (Wildman–Crippen MR) is 93.0 cm³/mol. The van der Waals surface area contributed by atoms with Crippen LogP contribution in [0.1, 0.15) is 6.92 Å². The molecule has 0 aliphatic rings. The van der Waals surface area contributed by atoms with Crippen LogP contribution in [0.25, 0.3) is 10.2 Å². The van der Waals surface area contributed by atoms with Crippen LogP contribution in [-0.2, 0) is 0 Å². The molecule has 2 aromatic heterocycles. The topological polar surface area (TPSA) is 74.0 Å². The van der Waals surface area contributed by atoms with Crippen molar-refractivity contribution in [3.05, 3.63) is 42.7 Å². The fourth-order valence-electron chi connectivity index (χ4n) is 2.23. The Morgan fingerprint density at radius 1 is 1.17 bits per heavy atom. The van der Waals surface area contributed by atoms with Gasteiger partial charge in [-0.2, -0.15) is 0 Å². The molecule has 0 amide bonds. The molecule has 0 radical (unpaired) electrons. The number of pyridine rings is 1. The summed E-state index contributed by atoms with van der Waals surface area (Å²) in [6.45, 7) is 3.67. The van der Waals surface area contributed by atoms with Crippen LogP contribution in [0, 0.1) is 0 Å². The zero-order valence-electron chi connectivity index (χ0n) is 12.8. The van der Waals surface area contributed by atoms with Crippen molar-refractivity contribution in [1.82, 2.24) is 9.97 Å². The van der Waals surface area contributed by atoms with Crippen LogP contribution in [0.5, 0.6) is 0 Å². The smallest absolute Gasteiger partial charge is 0.231 e. The van der Waals surface area contributed by atoms with Crippen LogP contribution in [0.15, 0.2) is 53.0 Å². The number of hydrogen-bond donors (Lipinski definition) is 1. The van der Waals surface area contributed by atoms with E-state index in [9.17, 15) is 0 Å². The fraction of sp³-hybridized carbons (Fsp3) is 0.250. The zero-order chi connectivity index (χ0) is 16.1. The van der Waals surface area contributed by atoms with Crippen LogP contribution >= 0.6 is 11.3 Å². The molecular formula is C16H17N5OS. The molecule has 2 heterocycles. The summed E-state index contributed by atoms with van der Waals surface area (Å²) in [6, 6.07) is 9.65. The Balaban J connectivity index is 1.74. The molecule has 7 heteroatoms. The lowest BCUT2D eigenvalue weighted by Gasteiger charge is -2.21. The third kappa shape index (κ3) is 3.69. The van der Waals surface area contributed by atoms with Crippen molar-refractivity contribution in [3.63, 3.8) is 0 Å². The summed E-state index contributed by atoms with van der Waals surface area (Å²) in [5, 5.41) is 18.1. The second-order valence-electron chi connectivity index (χ2n) is 4.86. The highest BCUT2D eigenvalue weighted by molar-refractivity contribution is 7.21. The molecule has 6 nitrogen and oxygen atoms in total. The maximum Gasteiger partial charge on any atom is 0.231 e. The minimum absolute atomic E-state index is 0.141. The van der Waals surface area contributed by atoms with E-state index >= 15 is 0 Å². The van der Waals surface area contributed by atoms with Crippen molar-refractivity contribution in [1.29, 1.82) is 0 Å². The summed E-state index contributed by atoms with van der Waals surface area (Å²) in [4.78, 5) is 10.6. The third-order valence-electron chi connectivity index (χ3n) is 3.40. The van der Waals surface area contributed by atoms with Crippen LogP contribution in [0.3, 0.4) is 0 Å². The Hall–Kier alpha value is -2.38. The first kappa shape index (κ1) is 15.5. The van der Waals surface area contributed by atoms with Crippen LogP contribution in [0.4, 0.5) is 16.5 Å². The van der Waals surface area contributed by atoms with Gasteiger partial charge in [-0.05, 0) is 37.3 Å². The Bertz CT molecular complexity index is 767.